The summed E-state index contributed by atoms with van der Waals surface area (Å²) in [4.78, 5) is 23.6. The van der Waals surface area contributed by atoms with Gasteiger partial charge in [0.05, 0.1) is 5.69 Å². The molecular formula is C23H22N2O3. The summed E-state index contributed by atoms with van der Waals surface area (Å²) < 4.78 is 5.90. The predicted octanol–water partition coefficient (Wildman–Crippen LogP) is 5.12. The van der Waals surface area contributed by atoms with Crippen molar-refractivity contribution in [2.75, 3.05) is 17.2 Å². The van der Waals surface area contributed by atoms with Gasteiger partial charge in [0.1, 0.15) is 5.75 Å². The average molecular weight is 374 g/mol. The first-order chi connectivity index (χ1) is 13.6. The van der Waals surface area contributed by atoms with Gasteiger partial charge in [0.15, 0.2) is 11.5 Å². The monoisotopic (exact) mass is 374 g/mol. The smallest absolute Gasteiger partial charge is 0.226 e. The van der Waals surface area contributed by atoms with Crippen LogP contribution in [-0.4, -0.2) is 18.2 Å². The molecule has 3 aromatic rings. The number of hydrogen-bond donors (Lipinski definition) is 2. The number of anilines is 2. The highest BCUT2D eigenvalue weighted by Gasteiger charge is 2.07. The first-order valence-corrected chi connectivity index (χ1v) is 9.08. The highest BCUT2D eigenvalue weighted by atomic mass is 16.5. The molecule has 142 valence electrons. The molecule has 28 heavy (non-hydrogen) atoms. The standard InChI is InChI=1S/C23H22N2O3/c1-17(26)18-8-7-9-19(16-18)25-23(27)14-15-24-21-12-5-6-13-22(21)28-20-10-3-2-4-11-20/h2-13,16,24H,14-15H2,1H3,(H,25,27). The van der Waals surface area contributed by atoms with Crippen molar-refractivity contribution < 1.29 is 14.3 Å². The van der Waals surface area contributed by atoms with E-state index in [9.17, 15) is 9.59 Å². The molecule has 0 aliphatic carbocycles. The molecule has 5 heteroatoms. The molecule has 0 atom stereocenters. The number of rotatable bonds is 8. The lowest BCUT2D eigenvalue weighted by molar-refractivity contribution is -0.115. The minimum absolute atomic E-state index is 0.0345. The largest absolute Gasteiger partial charge is 0.455 e. The lowest BCUT2D eigenvalue weighted by Crippen LogP contribution is -2.16. The number of carbonyl (C=O) groups excluding carboxylic acids is 2. The summed E-state index contributed by atoms with van der Waals surface area (Å²) in [5.74, 6) is 1.28. The summed E-state index contributed by atoms with van der Waals surface area (Å²) >= 11 is 0. The van der Waals surface area contributed by atoms with Gasteiger partial charge in [-0.15, -0.1) is 0 Å². The molecule has 0 saturated carbocycles. The maximum Gasteiger partial charge on any atom is 0.226 e. The highest BCUT2D eigenvalue weighted by Crippen LogP contribution is 2.29. The van der Waals surface area contributed by atoms with Gasteiger partial charge in [0.25, 0.3) is 0 Å². The van der Waals surface area contributed by atoms with E-state index in [2.05, 4.69) is 10.6 Å². The van der Waals surface area contributed by atoms with E-state index in [0.29, 0.717) is 23.5 Å². The van der Waals surface area contributed by atoms with E-state index >= 15 is 0 Å². The summed E-state index contributed by atoms with van der Waals surface area (Å²) in [6.07, 6.45) is 0.282. The molecule has 0 heterocycles. The van der Waals surface area contributed by atoms with Crippen LogP contribution in [0.3, 0.4) is 0 Å². The third kappa shape index (κ3) is 5.45. The van der Waals surface area contributed by atoms with E-state index in [4.69, 9.17) is 4.74 Å². The van der Waals surface area contributed by atoms with Crippen LogP contribution in [0.25, 0.3) is 0 Å². The number of amides is 1. The zero-order valence-electron chi connectivity index (χ0n) is 15.6. The lowest BCUT2D eigenvalue weighted by atomic mass is 10.1. The first-order valence-electron chi connectivity index (χ1n) is 9.08. The number of ketones is 1. The van der Waals surface area contributed by atoms with Gasteiger partial charge in [-0.05, 0) is 43.3 Å². The zero-order valence-corrected chi connectivity index (χ0v) is 15.6. The van der Waals surface area contributed by atoms with Gasteiger partial charge >= 0.3 is 0 Å². The maximum absolute atomic E-state index is 12.2. The first kappa shape index (κ1) is 19.2. The van der Waals surface area contributed by atoms with Crippen molar-refractivity contribution in [2.45, 2.75) is 13.3 Å². The lowest BCUT2D eigenvalue weighted by Gasteiger charge is -2.13. The maximum atomic E-state index is 12.2. The normalized spacial score (nSPS) is 10.2. The Hall–Kier alpha value is -3.60. The number of ether oxygens (including phenoxy) is 1. The minimum Gasteiger partial charge on any atom is -0.455 e. The van der Waals surface area contributed by atoms with Crippen LogP contribution in [0.4, 0.5) is 11.4 Å². The fourth-order valence-corrected chi connectivity index (χ4v) is 2.67. The molecule has 0 unspecified atom stereocenters. The molecule has 0 aliphatic heterocycles. The molecule has 2 N–H and O–H groups in total. The van der Waals surface area contributed by atoms with Crippen molar-refractivity contribution >= 4 is 23.1 Å². The molecule has 0 saturated heterocycles. The van der Waals surface area contributed by atoms with Crippen molar-refractivity contribution in [1.29, 1.82) is 0 Å². The Bertz CT molecular complexity index is 955. The average Bonchev–Trinajstić information content (AvgIpc) is 2.70. The SMILES string of the molecule is CC(=O)c1cccc(NC(=O)CCNc2ccccc2Oc2ccccc2)c1. The molecule has 0 spiro atoms. The van der Waals surface area contributed by atoms with E-state index in [1.807, 2.05) is 54.6 Å². The predicted molar refractivity (Wildman–Crippen MR) is 111 cm³/mol. The van der Waals surface area contributed by atoms with Crippen LogP contribution in [-0.2, 0) is 4.79 Å². The van der Waals surface area contributed by atoms with E-state index < -0.39 is 0 Å². The molecule has 1 amide bonds. The highest BCUT2D eigenvalue weighted by molar-refractivity contribution is 5.97. The van der Waals surface area contributed by atoms with Gasteiger partial charge in [-0.1, -0.05) is 42.5 Å². The van der Waals surface area contributed by atoms with Crippen LogP contribution < -0.4 is 15.4 Å². The van der Waals surface area contributed by atoms with Gasteiger partial charge < -0.3 is 15.4 Å². The summed E-state index contributed by atoms with van der Waals surface area (Å²) in [7, 11) is 0. The van der Waals surface area contributed by atoms with Crippen LogP contribution >= 0.6 is 0 Å². The van der Waals surface area contributed by atoms with Crippen LogP contribution in [0.2, 0.25) is 0 Å². The molecule has 5 nitrogen and oxygen atoms in total. The van der Waals surface area contributed by atoms with Gasteiger partial charge in [0.2, 0.25) is 5.91 Å². The van der Waals surface area contributed by atoms with Crippen LogP contribution in [0, 0.1) is 0 Å². The summed E-state index contributed by atoms with van der Waals surface area (Å²) in [5, 5.41) is 6.06. The van der Waals surface area contributed by atoms with E-state index in [0.717, 1.165) is 11.4 Å². The van der Waals surface area contributed by atoms with E-state index in [1.54, 1.807) is 24.3 Å². The van der Waals surface area contributed by atoms with Crippen molar-refractivity contribution in [3.05, 3.63) is 84.4 Å². The summed E-state index contributed by atoms with van der Waals surface area (Å²) in [6, 6.07) is 24.1. The van der Waals surface area contributed by atoms with E-state index in [-0.39, 0.29) is 18.1 Å². The number of benzene rings is 3. The van der Waals surface area contributed by atoms with Crippen LogP contribution in [0.15, 0.2) is 78.9 Å². The fourth-order valence-electron chi connectivity index (χ4n) is 2.67. The molecule has 3 aromatic carbocycles. The Morgan fingerprint density at radius 3 is 2.43 bits per heavy atom. The van der Waals surface area contributed by atoms with Crippen LogP contribution in [0.5, 0.6) is 11.5 Å². The van der Waals surface area contributed by atoms with Gasteiger partial charge in [-0.25, -0.2) is 0 Å². The third-order valence-electron chi connectivity index (χ3n) is 4.08. The second kappa shape index (κ2) is 9.37. The van der Waals surface area contributed by atoms with Crippen molar-refractivity contribution in [1.82, 2.24) is 0 Å². The van der Waals surface area contributed by atoms with Crippen molar-refractivity contribution in [3.8, 4) is 11.5 Å². The van der Waals surface area contributed by atoms with E-state index in [1.165, 1.54) is 6.92 Å². The number of hydrogen-bond acceptors (Lipinski definition) is 4. The Balaban J connectivity index is 1.54. The van der Waals surface area contributed by atoms with Crippen LogP contribution in [0.1, 0.15) is 23.7 Å². The Labute approximate surface area is 164 Å². The molecule has 0 fully saturated rings. The molecule has 0 aromatic heterocycles. The number of Topliss-reactive ketones (excluding diaryl/α,β-unsaturated/α-hetero) is 1. The quantitative estimate of drug-likeness (QED) is 0.537. The second-order valence-corrected chi connectivity index (χ2v) is 6.27. The van der Waals surface area contributed by atoms with Crippen molar-refractivity contribution in [2.24, 2.45) is 0 Å². The number of para-hydroxylation sites is 3. The zero-order chi connectivity index (χ0) is 19.8. The van der Waals surface area contributed by atoms with Crippen molar-refractivity contribution in [3.63, 3.8) is 0 Å². The molecule has 0 aliphatic rings. The summed E-state index contributed by atoms with van der Waals surface area (Å²) in [6.45, 7) is 1.95. The Morgan fingerprint density at radius 1 is 0.893 bits per heavy atom. The molecule has 3 rings (SSSR count). The number of nitrogens with one attached hydrogen (secondary N) is 2. The van der Waals surface area contributed by atoms with Gasteiger partial charge in [0, 0.05) is 24.2 Å². The Kier molecular flexibility index (Phi) is 6.41. The minimum atomic E-state index is -0.130. The van der Waals surface area contributed by atoms with Gasteiger partial charge in [-0.2, -0.15) is 0 Å². The molecular weight excluding hydrogens is 352 g/mol. The number of carbonyl (C=O) groups is 2. The van der Waals surface area contributed by atoms with Gasteiger partial charge in [-0.3, -0.25) is 9.59 Å². The molecule has 0 bridgehead atoms. The second-order valence-electron chi connectivity index (χ2n) is 6.27. The Morgan fingerprint density at radius 2 is 1.64 bits per heavy atom. The fraction of sp³-hybridized carbons (Fsp3) is 0.130. The summed E-state index contributed by atoms with van der Waals surface area (Å²) in [5.41, 5.74) is 2.01. The third-order valence-corrected chi connectivity index (χ3v) is 4.08. The topological polar surface area (TPSA) is 67.4 Å². The molecule has 0 radical (unpaired) electrons.